The highest BCUT2D eigenvalue weighted by Crippen LogP contribution is 2.51. The smallest absolute Gasteiger partial charge is 0.124 e. The van der Waals surface area contributed by atoms with E-state index in [0.717, 1.165) is 51.6 Å². The van der Waals surface area contributed by atoms with E-state index in [4.69, 9.17) is 18.9 Å². The maximum absolute atomic E-state index is 6.68. The molecule has 3 aliphatic carbocycles. The highest BCUT2D eigenvalue weighted by molar-refractivity contribution is 5.08. The van der Waals surface area contributed by atoms with Crippen LogP contribution in [-0.2, 0) is 18.9 Å². The average Bonchev–Trinajstić information content (AvgIpc) is 3.42. The maximum Gasteiger partial charge on any atom is 0.124 e. The number of hydrogen-bond donors (Lipinski definition) is 0. The van der Waals surface area contributed by atoms with E-state index in [9.17, 15) is 0 Å². The van der Waals surface area contributed by atoms with Gasteiger partial charge in [-0.1, -0.05) is 50.5 Å². The third-order valence-corrected chi connectivity index (χ3v) is 7.41. The van der Waals surface area contributed by atoms with Crippen LogP contribution < -0.4 is 0 Å². The fourth-order valence-electron chi connectivity index (χ4n) is 6.04. The summed E-state index contributed by atoms with van der Waals surface area (Å²) in [6.07, 6.45) is 20.8. The zero-order chi connectivity index (χ0) is 21.3. The van der Waals surface area contributed by atoms with Crippen molar-refractivity contribution in [2.75, 3.05) is 19.8 Å². The van der Waals surface area contributed by atoms with Crippen molar-refractivity contribution in [2.45, 2.75) is 101 Å². The van der Waals surface area contributed by atoms with Crippen LogP contribution in [0.15, 0.2) is 37.6 Å². The monoisotopic (exact) mass is 418 g/mol. The van der Waals surface area contributed by atoms with Crippen molar-refractivity contribution in [3.63, 3.8) is 0 Å². The quantitative estimate of drug-likeness (QED) is 0.282. The first-order valence-corrected chi connectivity index (χ1v) is 12.1. The van der Waals surface area contributed by atoms with Crippen molar-refractivity contribution in [3.05, 3.63) is 37.6 Å². The van der Waals surface area contributed by atoms with Gasteiger partial charge in [0.1, 0.15) is 6.10 Å². The van der Waals surface area contributed by atoms with Gasteiger partial charge in [-0.25, -0.2) is 0 Å². The predicted octanol–water partition coefficient (Wildman–Crippen LogP) is 6.12. The lowest BCUT2D eigenvalue weighted by molar-refractivity contribution is -0.198. The Morgan fingerprint density at radius 3 is 2.13 bits per heavy atom. The molecule has 3 unspecified atom stereocenters. The summed E-state index contributed by atoms with van der Waals surface area (Å²) >= 11 is 0. The van der Waals surface area contributed by atoms with Crippen LogP contribution in [0.2, 0.25) is 0 Å². The molecule has 3 atom stereocenters. The minimum absolute atomic E-state index is 0.0600. The van der Waals surface area contributed by atoms with Gasteiger partial charge >= 0.3 is 0 Å². The second-order valence-electron chi connectivity index (χ2n) is 9.15. The van der Waals surface area contributed by atoms with Crippen LogP contribution in [0.1, 0.15) is 77.6 Å². The van der Waals surface area contributed by atoms with E-state index in [1.807, 2.05) is 0 Å². The highest BCUT2D eigenvalue weighted by atomic mass is 16.6. The highest BCUT2D eigenvalue weighted by Gasteiger charge is 2.55. The normalized spacial score (nSPS) is 30.5. The molecule has 0 radical (unpaired) electrons. The largest absolute Gasteiger partial charge is 0.496 e. The van der Waals surface area contributed by atoms with E-state index in [2.05, 4.69) is 32.2 Å². The Bertz CT molecular complexity index is 557. The van der Waals surface area contributed by atoms with Gasteiger partial charge in [0.25, 0.3) is 0 Å². The maximum atomic E-state index is 6.68. The molecule has 3 aliphatic rings. The van der Waals surface area contributed by atoms with E-state index in [1.165, 1.54) is 25.7 Å². The molecule has 170 valence electrons. The summed E-state index contributed by atoms with van der Waals surface area (Å²) in [5, 5.41) is 0. The summed E-state index contributed by atoms with van der Waals surface area (Å²) in [7, 11) is 0. The molecule has 0 heterocycles. The van der Waals surface area contributed by atoms with Crippen molar-refractivity contribution in [1.29, 1.82) is 0 Å². The molecular weight excluding hydrogens is 376 g/mol. The topological polar surface area (TPSA) is 36.9 Å². The van der Waals surface area contributed by atoms with Gasteiger partial charge < -0.3 is 18.9 Å². The van der Waals surface area contributed by atoms with Crippen LogP contribution in [0.4, 0.5) is 0 Å². The summed E-state index contributed by atoms with van der Waals surface area (Å²) in [6, 6.07) is 0. The van der Waals surface area contributed by atoms with Crippen molar-refractivity contribution >= 4 is 0 Å². The molecule has 4 heteroatoms. The Kier molecular flexibility index (Phi) is 9.03. The average molecular weight is 419 g/mol. The number of hydrogen-bond acceptors (Lipinski definition) is 4. The Hall–Kier alpha value is -1.10. The Balaban J connectivity index is 1.55. The minimum atomic E-state index is -0.0888. The van der Waals surface area contributed by atoms with Gasteiger partial charge in [-0.2, -0.15) is 0 Å². The fourth-order valence-corrected chi connectivity index (χ4v) is 6.04. The number of rotatable bonds is 12. The third-order valence-electron chi connectivity index (χ3n) is 7.41. The Morgan fingerprint density at radius 1 is 0.867 bits per heavy atom. The summed E-state index contributed by atoms with van der Waals surface area (Å²) < 4.78 is 24.7. The molecule has 3 fully saturated rings. The fraction of sp³-hybridized carbons (Fsp3) is 0.769. The molecule has 30 heavy (non-hydrogen) atoms. The van der Waals surface area contributed by atoms with Gasteiger partial charge in [0.05, 0.1) is 36.8 Å². The zero-order valence-corrected chi connectivity index (χ0v) is 19.0. The molecule has 0 bridgehead atoms. The number of ether oxygens (including phenoxy) is 4. The van der Waals surface area contributed by atoms with E-state index in [-0.39, 0.29) is 23.4 Å². The van der Waals surface area contributed by atoms with E-state index >= 15 is 0 Å². The second kappa shape index (κ2) is 11.5. The molecule has 0 aromatic heterocycles. The van der Waals surface area contributed by atoms with E-state index < -0.39 is 0 Å². The summed E-state index contributed by atoms with van der Waals surface area (Å²) in [5.74, 6) is 0.494. The van der Waals surface area contributed by atoms with Crippen LogP contribution in [0.5, 0.6) is 0 Å². The first-order valence-electron chi connectivity index (χ1n) is 12.1. The molecular formula is C26H42O4. The first kappa shape index (κ1) is 23.6. The third kappa shape index (κ3) is 5.38. The minimum Gasteiger partial charge on any atom is -0.496 e. The summed E-state index contributed by atoms with van der Waals surface area (Å²) in [4.78, 5) is 0. The van der Waals surface area contributed by atoms with E-state index in [1.54, 1.807) is 12.3 Å². The zero-order valence-electron chi connectivity index (χ0n) is 19.0. The molecule has 4 nitrogen and oxygen atoms in total. The standard InChI is InChI=1S/C26H42O4/c1-4-19-28-23-14-13-22(21-24(23)27-5-2)12-11-20-30-26(17-9-10-18-26)25(29-6-3)15-7-8-16-25/h4-5,11-12,22-24H,1-2,6-10,13-21H2,3H3. The molecule has 0 amide bonds. The lowest BCUT2D eigenvalue weighted by Crippen LogP contribution is -2.54. The van der Waals surface area contributed by atoms with Gasteiger partial charge in [0, 0.05) is 6.61 Å². The van der Waals surface area contributed by atoms with Crippen molar-refractivity contribution in [3.8, 4) is 0 Å². The van der Waals surface area contributed by atoms with Gasteiger partial charge in [0.15, 0.2) is 0 Å². The molecule has 0 saturated heterocycles. The Labute approximate surface area is 183 Å². The lowest BCUT2D eigenvalue weighted by Gasteiger charge is -2.46. The van der Waals surface area contributed by atoms with Gasteiger partial charge in [0.2, 0.25) is 0 Å². The van der Waals surface area contributed by atoms with Crippen LogP contribution in [-0.4, -0.2) is 43.2 Å². The second-order valence-corrected chi connectivity index (χ2v) is 9.15. The van der Waals surface area contributed by atoms with Gasteiger partial charge in [-0.15, -0.1) is 6.58 Å². The Morgan fingerprint density at radius 2 is 1.53 bits per heavy atom. The van der Waals surface area contributed by atoms with Crippen LogP contribution >= 0.6 is 0 Å². The molecule has 0 aliphatic heterocycles. The van der Waals surface area contributed by atoms with Crippen molar-refractivity contribution < 1.29 is 18.9 Å². The molecule has 3 rings (SSSR count). The number of allylic oxidation sites excluding steroid dienone is 1. The molecule has 0 N–H and O–H groups in total. The van der Waals surface area contributed by atoms with E-state index in [0.29, 0.717) is 19.1 Å². The summed E-state index contributed by atoms with van der Waals surface area (Å²) in [5.41, 5.74) is -0.149. The van der Waals surface area contributed by atoms with Crippen LogP contribution in [0, 0.1) is 5.92 Å². The predicted molar refractivity (Wildman–Crippen MR) is 121 cm³/mol. The van der Waals surface area contributed by atoms with Crippen LogP contribution in [0.3, 0.4) is 0 Å². The molecule has 0 aromatic rings. The van der Waals surface area contributed by atoms with Crippen LogP contribution in [0.25, 0.3) is 0 Å². The van der Waals surface area contributed by atoms with Crippen molar-refractivity contribution in [2.24, 2.45) is 5.92 Å². The SMILES string of the molecule is C=CCOC1CCC(C=CCOC2(C3(OCC)CCCC3)CCCC2)CC1OC=C. The van der Waals surface area contributed by atoms with Crippen molar-refractivity contribution in [1.82, 2.24) is 0 Å². The molecule has 0 spiro atoms. The molecule has 0 aromatic carbocycles. The first-order chi connectivity index (χ1) is 14.7. The van der Waals surface area contributed by atoms with Gasteiger partial charge in [-0.05, 0) is 57.8 Å². The lowest BCUT2D eigenvalue weighted by atomic mass is 9.79. The van der Waals surface area contributed by atoms with Gasteiger partial charge in [-0.3, -0.25) is 0 Å². The summed E-state index contributed by atoms with van der Waals surface area (Å²) in [6.45, 7) is 11.6. The molecule has 3 saturated carbocycles.